The minimum Gasteiger partial charge on any atom is -0.506 e. The topological polar surface area (TPSA) is 36.4 Å². The summed E-state index contributed by atoms with van der Waals surface area (Å²) in [6.45, 7) is 7.55. The van der Waals surface area contributed by atoms with E-state index in [4.69, 9.17) is 0 Å². The number of hydrogen-bond donors (Lipinski definition) is 1. The molecule has 1 aromatic heterocycles. The van der Waals surface area contributed by atoms with Crippen LogP contribution in [0.1, 0.15) is 32.3 Å². The molecule has 3 heteroatoms. The molecule has 0 atom stereocenters. The van der Waals surface area contributed by atoms with Crippen molar-refractivity contribution in [1.29, 1.82) is 0 Å². The summed E-state index contributed by atoms with van der Waals surface area (Å²) in [4.78, 5) is 6.73. The van der Waals surface area contributed by atoms with Crippen molar-refractivity contribution in [3.63, 3.8) is 0 Å². The number of nitrogens with zero attached hydrogens (tertiary/aromatic N) is 2. The highest BCUT2D eigenvalue weighted by Gasteiger charge is 2.09. The number of benzene rings is 1. The summed E-state index contributed by atoms with van der Waals surface area (Å²) in [7, 11) is 0. The van der Waals surface area contributed by atoms with E-state index in [-0.39, 0.29) is 5.75 Å². The zero-order chi connectivity index (χ0) is 13.7. The van der Waals surface area contributed by atoms with Crippen LogP contribution in [-0.2, 0) is 6.54 Å². The molecule has 102 valence electrons. The minimum atomic E-state index is 0.261. The number of aromatic hydroxyl groups is 1. The van der Waals surface area contributed by atoms with Crippen LogP contribution < -0.4 is 0 Å². The molecular weight excluding hydrogens is 236 g/mol. The molecular formula is C16H22N2O. The summed E-state index contributed by atoms with van der Waals surface area (Å²) in [5, 5.41) is 10.9. The molecule has 0 bridgehead atoms. The molecule has 2 aromatic rings. The van der Waals surface area contributed by atoms with Gasteiger partial charge in [-0.25, -0.2) is 0 Å². The van der Waals surface area contributed by atoms with E-state index in [1.54, 1.807) is 12.3 Å². The first-order valence-electron chi connectivity index (χ1n) is 7.04. The number of phenols is 1. The van der Waals surface area contributed by atoms with Gasteiger partial charge in [0.25, 0.3) is 0 Å². The van der Waals surface area contributed by atoms with Gasteiger partial charge in [0.15, 0.2) is 0 Å². The van der Waals surface area contributed by atoms with Crippen molar-refractivity contribution in [2.24, 2.45) is 0 Å². The van der Waals surface area contributed by atoms with Gasteiger partial charge in [-0.1, -0.05) is 26.0 Å². The third kappa shape index (κ3) is 3.24. The Balaban J connectivity index is 2.31. The van der Waals surface area contributed by atoms with Gasteiger partial charge in [-0.3, -0.25) is 9.88 Å². The molecule has 0 fully saturated rings. The Morgan fingerprint density at radius 1 is 1.11 bits per heavy atom. The average Bonchev–Trinajstić information content (AvgIpc) is 2.43. The Morgan fingerprint density at radius 3 is 2.53 bits per heavy atom. The van der Waals surface area contributed by atoms with E-state index in [0.717, 1.165) is 37.9 Å². The van der Waals surface area contributed by atoms with Gasteiger partial charge in [0.1, 0.15) is 11.3 Å². The van der Waals surface area contributed by atoms with Gasteiger partial charge in [0, 0.05) is 18.1 Å². The fraction of sp³-hybridized carbons (Fsp3) is 0.438. The van der Waals surface area contributed by atoms with Crippen LogP contribution in [-0.4, -0.2) is 28.1 Å². The molecule has 0 spiro atoms. The first-order chi connectivity index (χ1) is 9.26. The molecule has 0 unspecified atom stereocenters. The Hall–Kier alpha value is -1.61. The Kier molecular flexibility index (Phi) is 4.74. The van der Waals surface area contributed by atoms with E-state index < -0.39 is 0 Å². The second-order valence-corrected chi connectivity index (χ2v) is 4.92. The van der Waals surface area contributed by atoms with Gasteiger partial charge in [-0.2, -0.15) is 0 Å². The predicted molar refractivity (Wildman–Crippen MR) is 79.3 cm³/mol. The van der Waals surface area contributed by atoms with Crippen molar-refractivity contribution in [3.05, 3.63) is 36.0 Å². The van der Waals surface area contributed by atoms with Crippen LogP contribution in [0.2, 0.25) is 0 Å². The lowest BCUT2D eigenvalue weighted by molar-refractivity contribution is 0.267. The number of fused-ring (bicyclic) bond motifs is 1. The monoisotopic (exact) mass is 258 g/mol. The summed E-state index contributed by atoms with van der Waals surface area (Å²) in [5.74, 6) is 0.261. The van der Waals surface area contributed by atoms with Crippen molar-refractivity contribution in [1.82, 2.24) is 9.88 Å². The van der Waals surface area contributed by atoms with E-state index in [0.29, 0.717) is 5.52 Å². The first kappa shape index (κ1) is 13.8. The SMILES string of the molecule is CCCN(CCC)Cc1ccc(O)c2ncccc12. The lowest BCUT2D eigenvalue weighted by Gasteiger charge is -2.21. The molecule has 1 aromatic carbocycles. The normalized spacial score (nSPS) is 11.3. The highest BCUT2D eigenvalue weighted by atomic mass is 16.3. The van der Waals surface area contributed by atoms with Crippen molar-refractivity contribution < 1.29 is 5.11 Å². The molecule has 1 N–H and O–H groups in total. The second kappa shape index (κ2) is 6.53. The van der Waals surface area contributed by atoms with E-state index in [9.17, 15) is 5.11 Å². The lowest BCUT2D eigenvalue weighted by atomic mass is 10.1. The molecule has 0 aliphatic heterocycles. The van der Waals surface area contributed by atoms with Gasteiger partial charge >= 0.3 is 0 Å². The molecule has 2 rings (SSSR count). The summed E-state index contributed by atoms with van der Waals surface area (Å²) >= 11 is 0. The zero-order valence-electron chi connectivity index (χ0n) is 11.8. The molecule has 0 aliphatic carbocycles. The fourth-order valence-electron chi connectivity index (χ4n) is 2.50. The van der Waals surface area contributed by atoms with E-state index in [2.05, 4.69) is 23.7 Å². The van der Waals surface area contributed by atoms with Crippen LogP contribution >= 0.6 is 0 Å². The number of phenolic OH excluding ortho intramolecular Hbond substituents is 1. The quantitative estimate of drug-likeness (QED) is 0.860. The number of hydrogen-bond acceptors (Lipinski definition) is 3. The predicted octanol–water partition coefficient (Wildman–Crippen LogP) is 3.56. The molecule has 3 nitrogen and oxygen atoms in total. The molecule has 1 heterocycles. The first-order valence-corrected chi connectivity index (χ1v) is 7.04. The van der Waals surface area contributed by atoms with Crippen molar-refractivity contribution in [2.75, 3.05) is 13.1 Å². The van der Waals surface area contributed by atoms with Crippen LogP contribution in [0, 0.1) is 0 Å². The van der Waals surface area contributed by atoms with Crippen LogP contribution in [0.15, 0.2) is 30.5 Å². The van der Waals surface area contributed by atoms with Gasteiger partial charge in [-0.05, 0) is 43.6 Å². The van der Waals surface area contributed by atoms with E-state index in [1.807, 2.05) is 18.2 Å². The Labute approximate surface area is 114 Å². The number of pyridine rings is 1. The van der Waals surface area contributed by atoms with Crippen LogP contribution in [0.25, 0.3) is 10.9 Å². The number of aromatic nitrogens is 1. The van der Waals surface area contributed by atoms with E-state index >= 15 is 0 Å². The molecule has 19 heavy (non-hydrogen) atoms. The third-order valence-electron chi connectivity index (χ3n) is 3.31. The molecule has 0 radical (unpaired) electrons. The van der Waals surface area contributed by atoms with Gasteiger partial charge in [0.2, 0.25) is 0 Å². The van der Waals surface area contributed by atoms with Gasteiger partial charge in [-0.15, -0.1) is 0 Å². The number of rotatable bonds is 6. The fourth-order valence-corrected chi connectivity index (χ4v) is 2.50. The van der Waals surface area contributed by atoms with Crippen LogP contribution in [0.5, 0.6) is 5.75 Å². The smallest absolute Gasteiger partial charge is 0.141 e. The molecule has 0 amide bonds. The Morgan fingerprint density at radius 2 is 1.84 bits per heavy atom. The Bertz CT molecular complexity index is 533. The summed E-state index contributed by atoms with van der Waals surface area (Å²) in [5.41, 5.74) is 1.94. The van der Waals surface area contributed by atoms with Crippen LogP contribution in [0.3, 0.4) is 0 Å². The maximum absolute atomic E-state index is 9.86. The maximum Gasteiger partial charge on any atom is 0.141 e. The van der Waals surface area contributed by atoms with Crippen LogP contribution in [0.4, 0.5) is 0 Å². The second-order valence-electron chi connectivity index (χ2n) is 4.92. The standard InChI is InChI=1S/C16H22N2O/c1-3-10-18(11-4-2)12-13-7-8-15(19)16-14(13)6-5-9-17-16/h5-9,19H,3-4,10-12H2,1-2H3. The largest absolute Gasteiger partial charge is 0.506 e. The third-order valence-corrected chi connectivity index (χ3v) is 3.31. The van der Waals surface area contributed by atoms with Crippen molar-refractivity contribution in [3.8, 4) is 5.75 Å². The molecule has 0 aliphatic rings. The zero-order valence-corrected chi connectivity index (χ0v) is 11.8. The highest BCUT2D eigenvalue weighted by Crippen LogP contribution is 2.26. The average molecular weight is 258 g/mol. The molecule has 0 saturated heterocycles. The van der Waals surface area contributed by atoms with Crippen molar-refractivity contribution in [2.45, 2.75) is 33.2 Å². The summed E-state index contributed by atoms with van der Waals surface area (Å²) in [6, 6.07) is 7.72. The summed E-state index contributed by atoms with van der Waals surface area (Å²) < 4.78 is 0. The molecule has 0 saturated carbocycles. The summed E-state index contributed by atoms with van der Waals surface area (Å²) in [6.07, 6.45) is 4.05. The highest BCUT2D eigenvalue weighted by molar-refractivity contribution is 5.87. The lowest BCUT2D eigenvalue weighted by Crippen LogP contribution is -2.25. The van der Waals surface area contributed by atoms with Crippen molar-refractivity contribution >= 4 is 10.9 Å². The van der Waals surface area contributed by atoms with Gasteiger partial charge < -0.3 is 5.11 Å². The van der Waals surface area contributed by atoms with E-state index in [1.165, 1.54) is 5.56 Å². The maximum atomic E-state index is 9.86. The minimum absolute atomic E-state index is 0.261. The van der Waals surface area contributed by atoms with Gasteiger partial charge in [0.05, 0.1) is 0 Å².